The molecule has 0 spiro atoms. The Kier molecular flexibility index (Phi) is 4.19. The van der Waals surface area contributed by atoms with Gasteiger partial charge in [0, 0.05) is 32.0 Å². The standard InChI is InChI=1S/C13H17N3O4/c1-9-6-14-4-2-10(9)7-15-12(19)16-13(11(17)18)3-5-20-8-13/h2,4,6H,3,5,7-8H2,1H3,(H,17,18)(H2,15,16,19). The predicted octanol–water partition coefficient (Wildman–Crippen LogP) is 0.433. The Hall–Kier alpha value is -2.15. The highest BCUT2D eigenvalue weighted by molar-refractivity contribution is 5.86. The van der Waals surface area contributed by atoms with Crippen molar-refractivity contribution < 1.29 is 19.4 Å². The number of hydrogen-bond acceptors (Lipinski definition) is 4. The summed E-state index contributed by atoms with van der Waals surface area (Å²) in [6.07, 6.45) is 3.62. The summed E-state index contributed by atoms with van der Waals surface area (Å²) in [5.41, 5.74) is 0.573. The Bertz CT molecular complexity index is 512. The van der Waals surface area contributed by atoms with E-state index >= 15 is 0 Å². The molecule has 3 N–H and O–H groups in total. The number of nitrogens with zero attached hydrogens (tertiary/aromatic N) is 1. The number of nitrogens with one attached hydrogen (secondary N) is 2. The third-order valence-electron chi connectivity index (χ3n) is 3.36. The molecule has 1 aliphatic heterocycles. The number of aromatic nitrogens is 1. The Morgan fingerprint density at radius 2 is 2.35 bits per heavy atom. The number of carboxylic acid groups (broad SMARTS) is 1. The smallest absolute Gasteiger partial charge is 0.332 e. The maximum absolute atomic E-state index is 11.8. The number of hydrogen-bond donors (Lipinski definition) is 3. The average molecular weight is 279 g/mol. The zero-order valence-electron chi connectivity index (χ0n) is 11.2. The summed E-state index contributed by atoms with van der Waals surface area (Å²) < 4.78 is 5.07. The molecule has 7 heteroatoms. The Morgan fingerprint density at radius 3 is 2.95 bits per heavy atom. The number of urea groups is 1. The van der Waals surface area contributed by atoms with Crippen LogP contribution in [0.4, 0.5) is 4.79 Å². The highest BCUT2D eigenvalue weighted by Crippen LogP contribution is 2.18. The van der Waals surface area contributed by atoms with Crippen molar-refractivity contribution in [3.8, 4) is 0 Å². The third-order valence-corrected chi connectivity index (χ3v) is 3.36. The summed E-state index contributed by atoms with van der Waals surface area (Å²) in [4.78, 5) is 27.1. The van der Waals surface area contributed by atoms with Crippen molar-refractivity contribution in [3.63, 3.8) is 0 Å². The van der Waals surface area contributed by atoms with Gasteiger partial charge in [0.2, 0.25) is 0 Å². The molecule has 1 aliphatic rings. The van der Waals surface area contributed by atoms with Gasteiger partial charge in [-0.2, -0.15) is 0 Å². The highest BCUT2D eigenvalue weighted by Gasteiger charge is 2.43. The molecule has 2 rings (SSSR count). The lowest BCUT2D eigenvalue weighted by molar-refractivity contribution is -0.144. The van der Waals surface area contributed by atoms with Crippen molar-refractivity contribution in [2.75, 3.05) is 13.2 Å². The SMILES string of the molecule is Cc1cnccc1CNC(=O)NC1(C(=O)O)CCOC1. The largest absolute Gasteiger partial charge is 0.479 e. The second-order valence-corrected chi connectivity index (χ2v) is 4.80. The first kappa shape index (κ1) is 14.3. The van der Waals surface area contributed by atoms with Crippen LogP contribution in [-0.4, -0.2) is 40.8 Å². The molecule has 2 heterocycles. The van der Waals surface area contributed by atoms with Crippen LogP contribution >= 0.6 is 0 Å². The maximum Gasteiger partial charge on any atom is 0.332 e. The van der Waals surface area contributed by atoms with Gasteiger partial charge in [0.05, 0.1) is 6.61 Å². The van der Waals surface area contributed by atoms with Crippen molar-refractivity contribution in [2.24, 2.45) is 0 Å². The number of pyridine rings is 1. The van der Waals surface area contributed by atoms with E-state index in [1.807, 2.05) is 6.92 Å². The van der Waals surface area contributed by atoms with E-state index in [9.17, 15) is 14.7 Å². The molecule has 1 unspecified atom stereocenters. The summed E-state index contributed by atoms with van der Waals surface area (Å²) in [6.45, 7) is 2.53. The maximum atomic E-state index is 11.8. The molecule has 1 aromatic rings. The average Bonchev–Trinajstić information content (AvgIpc) is 2.88. The Balaban J connectivity index is 1.92. The van der Waals surface area contributed by atoms with Crippen LogP contribution in [-0.2, 0) is 16.1 Å². The monoisotopic (exact) mass is 279 g/mol. The number of carbonyl (C=O) groups excluding carboxylic acids is 1. The first-order chi connectivity index (χ1) is 9.53. The predicted molar refractivity (Wildman–Crippen MR) is 70.1 cm³/mol. The molecule has 1 saturated heterocycles. The van der Waals surface area contributed by atoms with Crippen LogP contribution in [0.3, 0.4) is 0 Å². The van der Waals surface area contributed by atoms with Crippen molar-refractivity contribution in [1.29, 1.82) is 0 Å². The first-order valence-corrected chi connectivity index (χ1v) is 6.30. The van der Waals surface area contributed by atoms with Crippen LogP contribution in [0.5, 0.6) is 0 Å². The molecular weight excluding hydrogens is 262 g/mol. The van der Waals surface area contributed by atoms with Crippen LogP contribution < -0.4 is 10.6 Å². The summed E-state index contributed by atoms with van der Waals surface area (Å²) in [7, 11) is 0. The fourth-order valence-electron chi connectivity index (χ4n) is 2.02. The molecule has 1 fully saturated rings. The van der Waals surface area contributed by atoms with Crippen molar-refractivity contribution >= 4 is 12.0 Å². The van der Waals surface area contributed by atoms with Crippen LogP contribution in [0, 0.1) is 6.92 Å². The fourth-order valence-corrected chi connectivity index (χ4v) is 2.02. The first-order valence-electron chi connectivity index (χ1n) is 6.30. The van der Waals surface area contributed by atoms with Crippen LogP contribution in [0.15, 0.2) is 18.5 Å². The Morgan fingerprint density at radius 1 is 1.55 bits per heavy atom. The molecule has 108 valence electrons. The zero-order valence-corrected chi connectivity index (χ0v) is 11.2. The molecule has 0 bridgehead atoms. The van der Waals surface area contributed by atoms with E-state index in [0.717, 1.165) is 11.1 Å². The number of amides is 2. The van der Waals surface area contributed by atoms with Crippen LogP contribution in [0.1, 0.15) is 17.5 Å². The van der Waals surface area contributed by atoms with Crippen molar-refractivity contribution in [2.45, 2.75) is 25.4 Å². The van der Waals surface area contributed by atoms with E-state index in [2.05, 4.69) is 15.6 Å². The third kappa shape index (κ3) is 3.05. The van der Waals surface area contributed by atoms with Gasteiger partial charge in [0.25, 0.3) is 0 Å². The highest BCUT2D eigenvalue weighted by atomic mass is 16.5. The van der Waals surface area contributed by atoms with E-state index < -0.39 is 17.5 Å². The number of carbonyl (C=O) groups is 2. The van der Waals surface area contributed by atoms with Gasteiger partial charge in [-0.1, -0.05) is 0 Å². The molecule has 1 atom stereocenters. The molecule has 20 heavy (non-hydrogen) atoms. The number of rotatable bonds is 4. The summed E-state index contributed by atoms with van der Waals surface area (Å²) >= 11 is 0. The van der Waals surface area contributed by atoms with E-state index in [-0.39, 0.29) is 13.0 Å². The molecule has 0 aromatic carbocycles. The van der Waals surface area contributed by atoms with Gasteiger partial charge in [-0.05, 0) is 24.1 Å². The Labute approximate surface area is 116 Å². The van der Waals surface area contributed by atoms with E-state index in [1.54, 1.807) is 18.5 Å². The van der Waals surface area contributed by atoms with Crippen LogP contribution in [0.2, 0.25) is 0 Å². The van der Waals surface area contributed by atoms with Gasteiger partial charge in [-0.25, -0.2) is 9.59 Å². The summed E-state index contributed by atoms with van der Waals surface area (Å²) in [5, 5.41) is 14.4. The molecule has 7 nitrogen and oxygen atoms in total. The van der Waals surface area contributed by atoms with Gasteiger partial charge in [0.15, 0.2) is 5.54 Å². The second-order valence-electron chi connectivity index (χ2n) is 4.80. The molecule has 0 saturated carbocycles. The van der Waals surface area contributed by atoms with E-state index in [4.69, 9.17) is 4.74 Å². The van der Waals surface area contributed by atoms with Crippen molar-refractivity contribution in [1.82, 2.24) is 15.6 Å². The number of aryl methyl sites for hydroxylation is 1. The van der Waals surface area contributed by atoms with E-state index in [1.165, 1.54) is 0 Å². The lowest BCUT2D eigenvalue weighted by Gasteiger charge is -2.23. The van der Waals surface area contributed by atoms with Crippen molar-refractivity contribution in [3.05, 3.63) is 29.6 Å². The number of aliphatic carboxylic acids is 1. The molecular formula is C13H17N3O4. The molecule has 2 amide bonds. The lowest BCUT2D eigenvalue weighted by atomic mass is 9.99. The summed E-state index contributed by atoms with van der Waals surface area (Å²) in [6, 6.07) is 1.29. The number of carboxylic acids is 1. The minimum absolute atomic E-state index is 0.00988. The van der Waals surface area contributed by atoms with Gasteiger partial charge in [0.1, 0.15) is 0 Å². The van der Waals surface area contributed by atoms with Crippen LogP contribution in [0.25, 0.3) is 0 Å². The van der Waals surface area contributed by atoms with Gasteiger partial charge in [-0.3, -0.25) is 4.98 Å². The minimum atomic E-state index is -1.32. The summed E-state index contributed by atoms with van der Waals surface area (Å²) in [5.74, 6) is -1.08. The normalized spacial score (nSPS) is 21.4. The van der Waals surface area contributed by atoms with Gasteiger partial charge >= 0.3 is 12.0 Å². The number of ether oxygens (including phenoxy) is 1. The second kappa shape index (κ2) is 5.87. The quantitative estimate of drug-likeness (QED) is 0.742. The fraction of sp³-hybridized carbons (Fsp3) is 0.462. The van der Waals surface area contributed by atoms with Gasteiger partial charge in [-0.15, -0.1) is 0 Å². The minimum Gasteiger partial charge on any atom is -0.479 e. The van der Waals surface area contributed by atoms with Gasteiger partial charge < -0.3 is 20.5 Å². The van der Waals surface area contributed by atoms with E-state index in [0.29, 0.717) is 13.2 Å². The molecule has 0 aliphatic carbocycles. The molecule has 1 aromatic heterocycles. The lowest BCUT2D eigenvalue weighted by Crippen LogP contribution is -2.57. The zero-order chi connectivity index (χ0) is 14.6. The topological polar surface area (TPSA) is 101 Å². The molecule has 0 radical (unpaired) electrons.